The Labute approximate surface area is 211 Å². The van der Waals surface area contributed by atoms with Crippen LogP contribution in [0.4, 0.5) is 10.5 Å². The summed E-state index contributed by atoms with van der Waals surface area (Å²) in [5.74, 6) is 1.54. The van der Waals surface area contributed by atoms with Crippen molar-refractivity contribution in [3.63, 3.8) is 0 Å². The minimum absolute atomic E-state index is 0.174. The van der Waals surface area contributed by atoms with Crippen LogP contribution in [0.2, 0.25) is 0 Å². The number of methoxy groups -OCH3 is 2. The minimum atomic E-state index is -0.475. The minimum Gasteiger partial charge on any atom is -0.497 e. The summed E-state index contributed by atoms with van der Waals surface area (Å²) >= 11 is 0. The van der Waals surface area contributed by atoms with Gasteiger partial charge in [0.25, 0.3) is 5.91 Å². The number of nitrogens with zero attached hydrogens (tertiary/aromatic N) is 4. The first-order chi connectivity index (χ1) is 17.4. The number of rotatable bonds is 6. The summed E-state index contributed by atoms with van der Waals surface area (Å²) in [6.07, 6.45) is 3.13. The van der Waals surface area contributed by atoms with Gasteiger partial charge in [0.15, 0.2) is 0 Å². The lowest BCUT2D eigenvalue weighted by Crippen LogP contribution is -2.66. The lowest BCUT2D eigenvalue weighted by Gasteiger charge is -2.46. The zero-order valence-electron chi connectivity index (χ0n) is 21.1. The summed E-state index contributed by atoms with van der Waals surface area (Å²) in [5, 5.41) is 3.56. The summed E-state index contributed by atoms with van der Waals surface area (Å²) in [4.78, 5) is 34.3. The van der Waals surface area contributed by atoms with Crippen molar-refractivity contribution >= 4 is 23.7 Å². The molecule has 0 radical (unpaired) electrons. The highest BCUT2D eigenvalue weighted by atomic mass is 16.5. The molecule has 3 amide bonds. The van der Waals surface area contributed by atoms with Gasteiger partial charge in [0.1, 0.15) is 30.0 Å². The second-order valence-electron chi connectivity index (χ2n) is 9.58. The van der Waals surface area contributed by atoms with Crippen LogP contribution >= 0.6 is 0 Å². The maximum Gasteiger partial charge on any atom is 0.328 e. The Kier molecular flexibility index (Phi) is 6.59. The Balaban J connectivity index is 1.42. The summed E-state index contributed by atoms with van der Waals surface area (Å²) in [5.41, 5.74) is 1.94. The van der Waals surface area contributed by atoms with Crippen LogP contribution in [0.1, 0.15) is 12.5 Å². The molecule has 5 rings (SSSR count). The second kappa shape index (κ2) is 9.83. The number of fused-ring (bicyclic) bond motifs is 3. The van der Waals surface area contributed by atoms with E-state index < -0.39 is 12.2 Å². The van der Waals surface area contributed by atoms with Crippen LogP contribution in [-0.2, 0) is 4.79 Å². The monoisotopic (exact) mass is 491 g/mol. The van der Waals surface area contributed by atoms with Crippen LogP contribution in [0.5, 0.6) is 11.5 Å². The molecular formula is C27H33N5O4. The lowest BCUT2D eigenvalue weighted by atomic mass is 10.0. The number of carbonyl (C=O) groups excluding carboxylic acids is 2. The molecule has 3 aliphatic heterocycles. The van der Waals surface area contributed by atoms with Crippen molar-refractivity contribution in [2.24, 2.45) is 5.92 Å². The van der Waals surface area contributed by atoms with Crippen LogP contribution in [-0.4, -0.2) is 86.0 Å². The molecule has 190 valence electrons. The molecule has 3 heterocycles. The van der Waals surface area contributed by atoms with Gasteiger partial charge in [-0.1, -0.05) is 49.4 Å². The van der Waals surface area contributed by atoms with E-state index >= 15 is 0 Å². The van der Waals surface area contributed by atoms with E-state index in [1.165, 1.54) is 4.90 Å². The average molecular weight is 492 g/mol. The third-order valence-electron chi connectivity index (χ3n) is 7.18. The molecule has 4 atom stereocenters. The number of anilines is 1. The number of likely N-dealkylation sites (N-methyl/N-ethyl adjacent to an activating group) is 1. The lowest BCUT2D eigenvalue weighted by molar-refractivity contribution is -0.138. The topological polar surface area (TPSA) is 77.6 Å². The van der Waals surface area contributed by atoms with Gasteiger partial charge >= 0.3 is 6.03 Å². The molecule has 0 aliphatic carbocycles. The first-order valence-corrected chi connectivity index (χ1v) is 12.2. The van der Waals surface area contributed by atoms with Gasteiger partial charge in [-0.3, -0.25) is 19.9 Å². The quantitative estimate of drug-likeness (QED) is 0.666. The molecule has 3 saturated heterocycles. The Morgan fingerprint density at radius 2 is 1.83 bits per heavy atom. The Morgan fingerprint density at radius 3 is 2.56 bits per heavy atom. The summed E-state index contributed by atoms with van der Waals surface area (Å²) in [6.45, 7) is 3.93. The van der Waals surface area contributed by atoms with E-state index in [2.05, 4.69) is 22.0 Å². The fourth-order valence-electron chi connectivity index (χ4n) is 5.45. The Bertz CT molecular complexity index is 1160. The molecule has 0 bridgehead atoms. The first-order valence-electron chi connectivity index (χ1n) is 12.2. The maximum atomic E-state index is 13.7. The molecule has 0 saturated carbocycles. The van der Waals surface area contributed by atoms with Gasteiger partial charge in [0.05, 0.1) is 19.9 Å². The maximum absolute atomic E-state index is 13.7. The zero-order valence-corrected chi connectivity index (χ0v) is 21.1. The number of carbonyl (C=O) groups is 2. The van der Waals surface area contributed by atoms with E-state index in [1.54, 1.807) is 26.2 Å². The molecule has 2 aromatic carbocycles. The highest BCUT2D eigenvalue weighted by molar-refractivity contribution is 6.01. The van der Waals surface area contributed by atoms with E-state index in [0.29, 0.717) is 17.4 Å². The number of hydrogen-bond acceptors (Lipinski definition) is 7. The van der Waals surface area contributed by atoms with E-state index in [0.717, 1.165) is 24.3 Å². The van der Waals surface area contributed by atoms with Crippen molar-refractivity contribution in [1.82, 2.24) is 20.0 Å². The molecule has 0 spiro atoms. The van der Waals surface area contributed by atoms with Crippen LogP contribution in [0.15, 0.2) is 54.6 Å². The van der Waals surface area contributed by atoms with Gasteiger partial charge in [-0.2, -0.15) is 0 Å². The van der Waals surface area contributed by atoms with Crippen molar-refractivity contribution in [1.29, 1.82) is 0 Å². The average Bonchev–Trinajstić information content (AvgIpc) is 3.28. The van der Waals surface area contributed by atoms with Crippen molar-refractivity contribution in [3.05, 3.63) is 60.2 Å². The van der Waals surface area contributed by atoms with Gasteiger partial charge in [-0.15, -0.1) is 0 Å². The van der Waals surface area contributed by atoms with Crippen LogP contribution in [0.3, 0.4) is 0 Å². The molecule has 1 N–H and O–H groups in total. The van der Waals surface area contributed by atoms with Gasteiger partial charge in [-0.25, -0.2) is 4.79 Å². The number of amides is 3. The van der Waals surface area contributed by atoms with Gasteiger partial charge in [0, 0.05) is 32.7 Å². The molecule has 36 heavy (non-hydrogen) atoms. The molecule has 3 fully saturated rings. The van der Waals surface area contributed by atoms with Crippen molar-refractivity contribution in [2.45, 2.75) is 25.4 Å². The zero-order chi connectivity index (χ0) is 25.4. The number of nitrogens with one attached hydrogen (secondary N) is 1. The van der Waals surface area contributed by atoms with E-state index in [-0.39, 0.29) is 24.8 Å². The molecule has 4 unspecified atom stereocenters. The van der Waals surface area contributed by atoms with E-state index in [9.17, 15) is 9.59 Å². The third-order valence-corrected chi connectivity index (χ3v) is 7.18. The standard InChI is InChI=1S/C27H33N5O4/c1-18-16-31(21-13-12-20(35-3)15-22(21)36-4)26-28-24-23(32(26)17-18)25(33)30(27(34)29(24)2)14-8-11-19-9-6-5-7-10-19/h5-13,15,18,23-24,26,28H,14,16-17H2,1-4H3/b11-8+. The Hall–Kier alpha value is -3.56. The van der Waals surface area contributed by atoms with E-state index in [4.69, 9.17) is 9.47 Å². The number of ether oxygens (including phenoxy) is 2. The van der Waals surface area contributed by atoms with Crippen molar-refractivity contribution in [3.8, 4) is 11.5 Å². The number of imide groups is 1. The predicted octanol–water partition coefficient (Wildman–Crippen LogP) is 2.65. The van der Waals surface area contributed by atoms with Gasteiger partial charge in [-0.05, 0) is 23.6 Å². The fourth-order valence-corrected chi connectivity index (χ4v) is 5.45. The molecule has 9 nitrogen and oxygen atoms in total. The van der Waals surface area contributed by atoms with Crippen LogP contribution in [0, 0.1) is 5.92 Å². The largest absolute Gasteiger partial charge is 0.497 e. The Morgan fingerprint density at radius 1 is 1.06 bits per heavy atom. The predicted molar refractivity (Wildman–Crippen MR) is 138 cm³/mol. The van der Waals surface area contributed by atoms with Crippen molar-refractivity contribution < 1.29 is 19.1 Å². The summed E-state index contributed by atoms with van der Waals surface area (Å²) in [7, 11) is 5.03. The molecular weight excluding hydrogens is 458 g/mol. The second-order valence-corrected chi connectivity index (χ2v) is 9.58. The number of urea groups is 1. The van der Waals surface area contributed by atoms with Crippen molar-refractivity contribution in [2.75, 3.05) is 45.8 Å². The van der Waals surface area contributed by atoms with Gasteiger partial charge in [0.2, 0.25) is 0 Å². The third kappa shape index (κ3) is 4.18. The summed E-state index contributed by atoms with van der Waals surface area (Å²) in [6, 6.07) is 14.8. The van der Waals surface area contributed by atoms with Crippen LogP contribution in [0.25, 0.3) is 6.08 Å². The fraction of sp³-hybridized carbons (Fsp3) is 0.407. The highest BCUT2D eigenvalue weighted by Gasteiger charge is 2.56. The van der Waals surface area contributed by atoms with Crippen LogP contribution < -0.4 is 19.7 Å². The first kappa shape index (κ1) is 24.1. The van der Waals surface area contributed by atoms with E-state index in [1.807, 2.05) is 60.7 Å². The number of hydrogen-bond donors (Lipinski definition) is 1. The molecule has 9 heteroatoms. The summed E-state index contributed by atoms with van der Waals surface area (Å²) < 4.78 is 11.1. The molecule has 3 aliphatic rings. The highest BCUT2D eigenvalue weighted by Crippen LogP contribution is 2.39. The smallest absolute Gasteiger partial charge is 0.328 e. The number of benzene rings is 2. The molecule has 0 aromatic heterocycles. The SMILES string of the molecule is COc1ccc(N2CC(C)CN3C4C(=O)N(C/C=C/c5ccccc5)C(=O)N(C)C4NC23)c(OC)c1. The molecule has 2 aromatic rings. The normalized spacial score (nSPS) is 26.4. The van der Waals surface area contributed by atoms with Gasteiger partial charge < -0.3 is 19.3 Å².